The van der Waals surface area contributed by atoms with Crippen LogP contribution in [0, 0.1) is 0 Å². The number of hydroxylamine groups is 1. The molecule has 0 bridgehead atoms. The molecule has 124 valence electrons. The van der Waals surface area contributed by atoms with Crippen LogP contribution < -0.4 is 10.8 Å². The summed E-state index contributed by atoms with van der Waals surface area (Å²) in [6.45, 7) is 0. The van der Waals surface area contributed by atoms with Gasteiger partial charge in [-0.15, -0.1) is 11.3 Å². The average Bonchev–Trinajstić information content (AvgIpc) is 3.28. The van der Waals surface area contributed by atoms with Gasteiger partial charge < -0.3 is 5.32 Å². The van der Waals surface area contributed by atoms with Gasteiger partial charge in [-0.2, -0.15) is 0 Å². The molecule has 4 aromatic rings. The number of thiazole rings is 1. The number of hydrogen-bond donors (Lipinski definition) is 3. The van der Waals surface area contributed by atoms with Crippen molar-refractivity contribution in [3.05, 3.63) is 65.8 Å². The van der Waals surface area contributed by atoms with Gasteiger partial charge in [-0.3, -0.25) is 14.4 Å². The van der Waals surface area contributed by atoms with E-state index in [4.69, 9.17) is 5.21 Å². The highest BCUT2D eigenvalue weighted by molar-refractivity contribution is 7.14. The largest absolute Gasteiger partial charge is 0.332 e. The summed E-state index contributed by atoms with van der Waals surface area (Å²) in [6, 6.07) is 12.6. The lowest BCUT2D eigenvalue weighted by Gasteiger charge is -2.04. The standard InChI is InChI=1S/C17H13N5O2S/c23-16(21-24)11-4-3-5-12(8-11)19-17-20-13(10-25-17)14-9-18-15-6-1-2-7-22(14)15/h1-10,24H,(H,19,20)(H,21,23). The first-order chi connectivity index (χ1) is 12.2. The van der Waals surface area contributed by atoms with Crippen molar-refractivity contribution in [1.29, 1.82) is 0 Å². The second-order valence-electron chi connectivity index (χ2n) is 5.26. The van der Waals surface area contributed by atoms with Crippen LogP contribution in [0.3, 0.4) is 0 Å². The van der Waals surface area contributed by atoms with Crippen LogP contribution in [0.4, 0.5) is 10.8 Å². The summed E-state index contributed by atoms with van der Waals surface area (Å²) in [6.07, 6.45) is 3.74. The highest BCUT2D eigenvalue weighted by Crippen LogP contribution is 2.27. The molecule has 3 aromatic heterocycles. The normalized spacial score (nSPS) is 10.8. The molecule has 0 unspecified atom stereocenters. The third kappa shape index (κ3) is 2.95. The van der Waals surface area contributed by atoms with Crippen LogP contribution in [-0.2, 0) is 0 Å². The van der Waals surface area contributed by atoms with Crippen molar-refractivity contribution in [3.8, 4) is 11.4 Å². The molecule has 3 N–H and O–H groups in total. The molecule has 1 aromatic carbocycles. The van der Waals surface area contributed by atoms with Crippen LogP contribution in [0.2, 0.25) is 0 Å². The molecule has 25 heavy (non-hydrogen) atoms. The quantitative estimate of drug-likeness (QED) is 0.387. The zero-order valence-corrected chi connectivity index (χ0v) is 13.7. The molecule has 0 saturated carbocycles. The molecule has 1 amide bonds. The zero-order valence-electron chi connectivity index (χ0n) is 12.9. The van der Waals surface area contributed by atoms with Crippen molar-refractivity contribution < 1.29 is 10.0 Å². The van der Waals surface area contributed by atoms with E-state index in [0.29, 0.717) is 16.4 Å². The van der Waals surface area contributed by atoms with Crippen LogP contribution in [0.5, 0.6) is 0 Å². The summed E-state index contributed by atoms with van der Waals surface area (Å²) in [5, 5.41) is 14.5. The average molecular weight is 351 g/mol. The summed E-state index contributed by atoms with van der Waals surface area (Å²) >= 11 is 1.46. The van der Waals surface area contributed by atoms with E-state index in [9.17, 15) is 4.79 Å². The lowest BCUT2D eigenvalue weighted by molar-refractivity contribution is 0.0706. The van der Waals surface area contributed by atoms with Crippen molar-refractivity contribution >= 4 is 33.7 Å². The molecule has 4 rings (SSSR count). The third-order valence-corrected chi connectivity index (χ3v) is 4.42. The molecule has 0 saturated heterocycles. The Morgan fingerprint density at radius 1 is 1.20 bits per heavy atom. The van der Waals surface area contributed by atoms with E-state index in [1.807, 2.05) is 40.2 Å². The second-order valence-corrected chi connectivity index (χ2v) is 6.12. The number of nitrogens with zero attached hydrogens (tertiary/aromatic N) is 3. The van der Waals surface area contributed by atoms with Gasteiger partial charge in [-0.05, 0) is 30.3 Å². The van der Waals surface area contributed by atoms with Crippen LogP contribution in [0.15, 0.2) is 60.2 Å². The van der Waals surface area contributed by atoms with E-state index in [1.165, 1.54) is 11.3 Å². The smallest absolute Gasteiger partial charge is 0.274 e. The third-order valence-electron chi connectivity index (χ3n) is 3.66. The number of benzene rings is 1. The van der Waals surface area contributed by atoms with Crippen molar-refractivity contribution in [3.63, 3.8) is 0 Å². The van der Waals surface area contributed by atoms with Gasteiger partial charge in [0, 0.05) is 22.8 Å². The van der Waals surface area contributed by atoms with Gasteiger partial charge in [-0.1, -0.05) is 12.1 Å². The Labute approximate surface area is 146 Å². The lowest BCUT2D eigenvalue weighted by Crippen LogP contribution is -2.18. The van der Waals surface area contributed by atoms with Gasteiger partial charge in [-0.25, -0.2) is 15.4 Å². The van der Waals surface area contributed by atoms with E-state index in [-0.39, 0.29) is 0 Å². The van der Waals surface area contributed by atoms with Crippen LogP contribution in [0.25, 0.3) is 17.0 Å². The SMILES string of the molecule is O=C(NO)c1cccc(Nc2nc(-c3cnc4ccccn34)cs2)c1. The predicted molar refractivity (Wildman–Crippen MR) is 95.3 cm³/mol. The first kappa shape index (κ1) is 15.3. The molecule has 7 nitrogen and oxygen atoms in total. The number of fused-ring (bicyclic) bond motifs is 1. The number of carbonyl (C=O) groups is 1. The van der Waals surface area contributed by atoms with E-state index in [2.05, 4.69) is 15.3 Å². The van der Waals surface area contributed by atoms with E-state index in [1.54, 1.807) is 29.9 Å². The summed E-state index contributed by atoms with van der Waals surface area (Å²) in [5.74, 6) is -0.561. The molecule has 0 aliphatic heterocycles. The Balaban J connectivity index is 1.61. The van der Waals surface area contributed by atoms with Gasteiger partial charge in [0.1, 0.15) is 11.3 Å². The molecule has 3 heterocycles. The summed E-state index contributed by atoms with van der Waals surface area (Å²) in [7, 11) is 0. The number of imidazole rings is 1. The highest BCUT2D eigenvalue weighted by atomic mass is 32.1. The first-order valence-corrected chi connectivity index (χ1v) is 8.32. The molecule has 8 heteroatoms. The van der Waals surface area contributed by atoms with Crippen molar-refractivity contribution in [2.45, 2.75) is 0 Å². The van der Waals surface area contributed by atoms with Gasteiger partial charge >= 0.3 is 0 Å². The number of anilines is 2. The second kappa shape index (κ2) is 6.34. The molecule has 0 fully saturated rings. The molecule has 0 aliphatic rings. The minimum absolute atomic E-state index is 0.353. The van der Waals surface area contributed by atoms with Gasteiger partial charge in [0.25, 0.3) is 5.91 Å². The number of nitrogens with one attached hydrogen (secondary N) is 2. The molecule has 0 aliphatic carbocycles. The van der Waals surface area contributed by atoms with Gasteiger partial charge in [0.2, 0.25) is 0 Å². The predicted octanol–water partition coefficient (Wildman–Crippen LogP) is 3.32. The highest BCUT2D eigenvalue weighted by Gasteiger charge is 2.10. The minimum atomic E-state index is -0.561. The minimum Gasteiger partial charge on any atom is -0.332 e. The Morgan fingerprint density at radius 2 is 2.12 bits per heavy atom. The van der Waals surface area contributed by atoms with Crippen molar-refractivity contribution in [2.75, 3.05) is 5.32 Å². The Morgan fingerprint density at radius 3 is 3.00 bits per heavy atom. The van der Waals surface area contributed by atoms with Crippen LogP contribution >= 0.6 is 11.3 Å². The van der Waals surface area contributed by atoms with E-state index in [0.717, 1.165) is 17.0 Å². The monoisotopic (exact) mass is 351 g/mol. The first-order valence-electron chi connectivity index (χ1n) is 7.44. The number of aromatic nitrogens is 3. The molecule has 0 radical (unpaired) electrons. The fraction of sp³-hybridized carbons (Fsp3) is 0. The van der Waals surface area contributed by atoms with Gasteiger partial charge in [0.05, 0.1) is 11.9 Å². The summed E-state index contributed by atoms with van der Waals surface area (Å²) < 4.78 is 1.98. The van der Waals surface area contributed by atoms with Crippen LogP contribution in [0.1, 0.15) is 10.4 Å². The van der Waals surface area contributed by atoms with E-state index < -0.39 is 5.91 Å². The lowest BCUT2D eigenvalue weighted by atomic mass is 10.2. The van der Waals surface area contributed by atoms with Crippen molar-refractivity contribution in [1.82, 2.24) is 19.8 Å². The number of pyridine rings is 1. The maximum absolute atomic E-state index is 11.5. The molecular formula is C17H13N5O2S. The maximum atomic E-state index is 11.5. The van der Waals surface area contributed by atoms with Crippen molar-refractivity contribution in [2.24, 2.45) is 0 Å². The number of rotatable bonds is 4. The number of hydrogen-bond acceptors (Lipinski definition) is 6. The fourth-order valence-corrected chi connectivity index (χ4v) is 3.22. The summed E-state index contributed by atoms with van der Waals surface area (Å²) in [4.78, 5) is 20.4. The molecular weight excluding hydrogens is 338 g/mol. The Hall–Kier alpha value is -3.23. The number of carbonyl (C=O) groups excluding carboxylic acids is 1. The fourth-order valence-electron chi connectivity index (χ4n) is 2.50. The Kier molecular flexibility index (Phi) is 3.88. The Bertz CT molecular complexity index is 1060. The maximum Gasteiger partial charge on any atom is 0.274 e. The van der Waals surface area contributed by atoms with E-state index >= 15 is 0 Å². The summed E-state index contributed by atoms with van der Waals surface area (Å²) in [5.41, 5.74) is 5.27. The number of amides is 1. The molecule has 0 spiro atoms. The van der Waals surface area contributed by atoms with Crippen LogP contribution in [-0.4, -0.2) is 25.5 Å². The molecule has 0 atom stereocenters. The zero-order chi connectivity index (χ0) is 17.2. The van der Waals surface area contributed by atoms with Gasteiger partial charge in [0.15, 0.2) is 5.13 Å². The topological polar surface area (TPSA) is 91.5 Å².